The smallest absolute Gasteiger partial charge is 0.136 e. The Kier molecular flexibility index (Phi) is 10.1. The minimum Gasteiger partial charge on any atom is -0.456 e. The van der Waals surface area contributed by atoms with Crippen molar-refractivity contribution in [1.82, 2.24) is 0 Å². The molecule has 0 unspecified atom stereocenters. The van der Waals surface area contributed by atoms with E-state index in [1.54, 1.807) is 0 Å². The molecule has 2 aromatic heterocycles. The van der Waals surface area contributed by atoms with Crippen molar-refractivity contribution < 1.29 is 8.83 Å². The van der Waals surface area contributed by atoms with E-state index >= 15 is 0 Å². The number of rotatable bonds is 10. The van der Waals surface area contributed by atoms with Gasteiger partial charge in [-0.15, -0.1) is 0 Å². The molecular weight excluding hydrogens is 891 g/mol. The Morgan fingerprint density at radius 1 is 0.192 bits per heavy atom. The van der Waals surface area contributed by atoms with Crippen molar-refractivity contribution in [1.29, 1.82) is 0 Å². The van der Waals surface area contributed by atoms with Gasteiger partial charge in [0.15, 0.2) is 0 Å². The van der Waals surface area contributed by atoms with Gasteiger partial charge in [-0.3, -0.25) is 0 Å². The van der Waals surface area contributed by atoms with Gasteiger partial charge >= 0.3 is 0 Å². The first-order valence-electron chi connectivity index (χ1n) is 24.7. The Bertz CT molecular complexity index is 4350. The third-order valence-electron chi connectivity index (χ3n) is 14.1. The van der Waals surface area contributed by atoms with Gasteiger partial charge < -0.3 is 23.5 Å². The Hall–Kier alpha value is -9.84. The molecule has 0 amide bonds. The summed E-state index contributed by atoms with van der Waals surface area (Å²) in [6.07, 6.45) is 0. The van der Waals surface area contributed by atoms with Gasteiger partial charge in [0, 0.05) is 72.7 Å². The van der Waals surface area contributed by atoms with Crippen molar-refractivity contribution in [2.24, 2.45) is 0 Å². The summed E-state index contributed by atoms with van der Waals surface area (Å²) in [7, 11) is 0. The highest BCUT2D eigenvalue weighted by Crippen LogP contribution is 2.46. The molecule has 14 aromatic rings. The minimum absolute atomic E-state index is 0.862. The van der Waals surface area contributed by atoms with Crippen LogP contribution in [0.15, 0.2) is 282 Å². The Morgan fingerprint density at radius 2 is 0.603 bits per heavy atom. The van der Waals surface area contributed by atoms with Crippen LogP contribution in [-0.2, 0) is 0 Å². The van der Waals surface area contributed by atoms with Crippen molar-refractivity contribution in [2.45, 2.75) is 0 Å². The van der Waals surface area contributed by atoms with E-state index in [1.165, 1.54) is 16.3 Å². The van der Waals surface area contributed by atoms with Gasteiger partial charge in [-0.05, 0) is 160 Å². The van der Waals surface area contributed by atoms with Crippen LogP contribution in [0.1, 0.15) is 0 Å². The van der Waals surface area contributed by atoms with E-state index in [2.05, 4.69) is 263 Å². The molecule has 0 spiro atoms. The molecule has 0 atom stereocenters. The molecule has 0 radical (unpaired) electrons. The maximum atomic E-state index is 6.33. The fraction of sp³-hybridized carbons (Fsp3) is 0. The van der Waals surface area contributed by atoms with Gasteiger partial charge in [-0.2, -0.15) is 0 Å². The third-order valence-corrected chi connectivity index (χ3v) is 14.1. The van der Waals surface area contributed by atoms with Gasteiger partial charge in [-0.1, -0.05) is 146 Å². The second-order valence-corrected chi connectivity index (χ2v) is 18.6. The first-order valence-corrected chi connectivity index (χ1v) is 24.7. The number of furan rings is 2. The summed E-state index contributed by atoms with van der Waals surface area (Å²) >= 11 is 0. The quantitative estimate of drug-likeness (QED) is 0.128. The molecule has 0 bridgehead atoms. The van der Waals surface area contributed by atoms with E-state index in [9.17, 15) is 0 Å². The normalized spacial score (nSPS) is 11.6. The van der Waals surface area contributed by atoms with Gasteiger partial charge in [0.1, 0.15) is 22.3 Å². The van der Waals surface area contributed by atoms with Crippen LogP contribution in [0.3, 0.4) is 0 Å². The zero-order valence-electron chi connectivity index (χ0n) is 39.6. The van der Waals surface area contributed by atoms with E-state index in [0.717, 1.165) is 111 Å². The van der Waals surface area contributed by atoms with Crippen LogP contribution in [0.2, 0.25) is 0 Å². The van der Waals surface area contributed by atoms with E-state index in [-0.39, 0.29) is 0 Å². The summed E-state index contributed by atoms with van der Waals surface area (Å²) in [5, 5.41) is 9.07. The first kappa shape index (κ1) is 42.1. The van der Waals surface area contributed by atoms with Crippen molar-refractivity contribution in [3.05, 3.63) is 273 Å². The number of fused-ring (bicyclic) bond motifs is 9. The molecular formula is C68H45N3O2. The zero-order chi connectivity index (χ0) is 48.2. The van der Waals surface area contributed by atoms with E-state index in [1.807, 2.05) is 24.3 Å². The molecule has 0 aliphatic rings. The molecule has 344 valence electrons. The van der Waals surface area contributed by atoms with E-state index in [4.69, 9.17) is 8.83 Å². The second kappa shape index (κ2) is 17.5. The SMILES string of the molecule is c1ccc(-c2cccc(N(c3ccccc3)c3cccc(N(c4cccc(N(c5ccccc5)c5ccc6oc7ccccc7c6c5)c4)c4ccc5c(ccc6cc7oc8ccccc8c7cc65)c4)c3)c2)cc1. The summed E-state index contributed by atoms with van der Waals surface area (Å²) in [6, 6.07) is 97.4. The molecule has 12 aromatic carbocycles. The zero-order valence-corrected chi connectivity index (χ0v) is 39.6. The lowest BCUT2D eigenvalue weighted by Gasteiger charge is -2.31. The standard InChI is InChI=1S/C68H45N3O2/c1-4-17-46(18-5-1)47-19-14-24-52(39-47)69(50-20-6-2-7-21-50)53-25-15-27-55(42-53)71(57-35-37-59-48(40-57)33-34-49-41-68-64(45-62(49)59)61-30-11-13-32-66(61)73-68)56-28-16-26-54(43-56)70(51-22-8-3-9-23-51)58-36-38-67-63(44-58)60-29-10-12-31-65(60)72-67/h1-45H. The van der Waals surface area contributed by atoms with Crippen molar-refractivity contribution in [3.63, 3.8) is 0 Å². The molecule has 5 heteroatoms. The minimum atomic E-state index is 0.862. The second-order valence-electron chi connectivity index (χ2n) is 18.6. The molecule has 0 saturated heterocycles. The highest BCUT2D eigenvalue weighted by Gasteiger charge is 2.22. The Morgan fingerprint density at radius 3 is 1.22 bits per heavy atom. The van der Waals surface area contributed by atoms with Crippen molar-refractivity contribution >= 4 is 117 Å². The van der Waals surface area contributed by atoms with Crippen LogP contribution < -0.4 is 14.7 Å². The molecule has 14 rings (SSSR count). The monoisotopic (exact) mass is 935 g/mol. The summed E-state index contributed by atoms with van der Waals surface area (Å²) in [5.74, 6) is 0. The maximum absolute atomic E-state index is 6.33. The third kappa shape index (κ3) is 7.50. The number of anilines is 9. The summed E-state index contributed by atoms with van der Waals surface area (Å²) in [6.45, 7) is 0. The molecule has 0 aliphatic carbocycles. The van der Waals surface area contributed by atoms with Crippen molar-refractivity contribution in [3.8, 4) is 11.1 Å². The van der Waals surface area contributed by atoms with Gasteiger partial charge in [0.2, 0.25) is 0 Å². The van der Waals surface area contributed by atoms with Gasteiger partial charge in [0.25, 0.3) is 0 Å². The predicted molar refractivity (Wildman–Crippen MR) is 305 cm³/mol. The summed E-state index contributed by atoms with van der Waals surface area (Å²) < 4.78 is 12.6. The van der Waals surface area contributed by atoms with Gasteiger partial charge in [0.05, 0.1) is 0 Å². The van der Waals surface area contributed by atoms with Crippen LogP contribution >= 0.6 is 0 Å². The molecule has 73 heavy (non-hydrogen) atoms. The lowest BCUT2D eigenvalue weighted by atomic mass is 9.99. The lowest BCUT2D eigenvalue weighted by Crippen LogP contribution is -2.14. The van der Waals surface area contributed by atoms with E-state index in [0.29, 0.717) is 0 Å². The lowest BCUT2D eigenvalue weighted by molar-refractivity contribution is 0.668. The van der Waals surface area contributed by atoms with Crippen molar-refractivity contribution in [2.75, 3.05) is 14.7 Å². The molecule has 2 heterocycles. The van der Waals surface area contributed by atoms with Crippen LogP contribution in [-0.4, -0.2) is 0 Å². The molecule has 5 nitrogen and oxygen atoms in total. The number of hydrogen-bond acceptors (Lipinski definition) is 5. The molecule has 0 N–H and O–H groups in total. The first-order chi connectivity index (χ1) is 36.2. The average molecular weight is 936 g/mol. The highest BCUT2D eigenvalue weighted by molar-refractivity contribution is 6.17. The average Bonchev–Trinajstić information content (AvgIpc) is 4.01. The van der Waals surface area contributed by atoms with Crippen LogP contribution in [0.5, 0.6) is 0 Å². The largest absolute Gasteiger partial charge is 0.456 e. The summed E-state index contributed by atoms with van der Waals surface area (Å²) in [5.41, 5.74) is 15.2. The Balaban J connectivity index is 0.953. The molecule has 0 aliphatic heterocycles. The van der Waals surface area contributed by atoms with E-state index < -0.39 is 0 Å². The number of nitrogens with zero attached hydrogens (tertiary/aromatic N) is 3. The maximum Gasteiger partial charge on any atom is 0.136 e. The molecule has 0 saturated carbocycles. The molecule has 0 fully saturated rings. The predicted octanol–water partition coefficient (Wildman–Crippen LogP) is 19.9. The number of benzene rings is 12. The van der Waals surface area contributed by atoms with Crippen LogP contribution in [0.25, 0.3) is 76.5 Å². The topological polar surface area (TPSA) is 36.0 Å². The van der Waals surface area contributed by atoms with Gasteiger partial charge in [-0.25, -0.2) is 0 Å². The summed E-state index contributed by atoms with van der Waals surface area (Å²) in [4.78, 5) is 7.08. The fourth-order valence-corrected chi connectivity index (χ4v) is 10.8. The number of para-hydroxylation sites is 4. The fourth-order valence-electron chi connectivity index (χ4n) is 10.8. The Labute approximate surface area is 422 Å². The van der Waals surface area contributed by atoms with Crippen LogP contribution in [0, 0.1) is 0 Å². The van der Waals surface area contributed by atoms with Crippen LogP contribution in [0.4, 0.5) is 51.2 Å². The highest BCUT2D eigenvalue weighted by atomic mass is 16.3. The number of hydrogen-bond donors (Lipinski definition) is 0.